The summed E-state index contributed by atoms with van der Waals surface area (Å²) in [5.41, 5.74) is -0.388. The fraction of sp³-hybridized carbons (Fsp3) is 1.00. The molecule has 1 saturated carbocycles. The Morgan fingerprint density at radius 1 is 1.07 bits per heavy atom. The minimum Gasteiger partial charge on any atom is -0.389 e. The zero-order valence-corrected chi connectivity index (χ0v) is 9.79. The molecule has 14 heavy (non-hydrogen) atoms. The molecule has 0 aromatic carbocycles. The van der Waals surface area contributed by atoms with Crippen LogP contribution in [0.15, 0.2) is 0 Å². The standard InChI is InChI=1S/C11H24N2O/c1-12(2)8-9-13(3)10-11(14)6-4-5-7-11/h14H,4-10H2,1-3H3. The van der Waals surface area contributed by atoms with E-state index in [-0.39, 0.29) is 5.60 Å². The van der Waals surface area contributed by atoms with Gasteiger partial charge in [-0.05, 0) is 34.0 Å². The Morgan fingerprint density at radius 2 is 1.64 bits per heavy atom. The second-order valence-electron chi connectivity index (χ2n) is 4.97. The molecule has 1 fully saturated rings. The van der Waals surface area contributed by atoms with Gasteiger partial charge in [-0.15, -0.1) is 0 Å². The topological polar surface area (TPSA) is 26.7 Å². The van der Waals surface area contributed by atoms with Crippen molar-refractivity contribution in [3.63, 3.8) is 0 Å². The van der Waals surface area contributed by atoms with Gasteiger partial charge in [0.25, 0.3) is 0 Å². The maximum absolute atomic E-state index is 10.2. The Morgan fingerprint density at radius 3 is 2.14 bits per heavy atom. The van der Waals surface area contributed by atoms with E-state index in [2.05, 4.69) is 30.9 Å². The van der Waals surface area contributed by atoms with Gasteiger partial charge in [0, 0.05) is 19.6 Å². The molecule has 0 saturated heterocycles. The number of hydrogen-bond donors (Lipinski definition) is 1. The average molecular weight is 200 g/mol. The molecule has 0 bridgehead atoms. The average Bonchev–Trinajstić information content (AvgIpc) is 2.48. The summed E-state index contributed by atoms with van der Waals surface area (Å²) in [5.74, 6) is 0. The minimum atomic E-state index is -0.388. The predicted octanol–water partition coefficient (Wildman–Crippen LogP) is 0.785. The largest absolute Gasteiger partial charge is 0.389 e. The Bertz CT molecular complexity index is 165. The molecule has 0 amide bonds. The highest BCUT2D eigenvalue weighted by Crippen LogP contribution is 2.29. The van der Waals surface area contributed by atoms with Gasteiger partial charge < -0.3 is 14.9 Å². The summed E-state index contributed by atoms with van der Waals surface area (Å²) in [7, 11) is 6.26. The summed E-state index contributed by atoms with van der Waals surface area (Å²) in [6.07, 6.45) is 4.36. The van der Waals surface area contributed by atoms with Crippen molar-refractivity contribution in [2.24, 2.45) is 0 Å². The van der Waals surface area contributed by atoms with Crippen LogP contribution in [0.25, 0.3) is 0 Å². The summed E-state index contributed by atoms with van der Waals surface area (Å²) in [5, 5.41) is 10.2. The highest BCUT2D eigenvalue weighted by atomic mass is 16.3. The lowest BCUT2D eigenvalue weighted by Gasteiger charge is -2.29. The SMILES string of the molecule is CN(C)CCN(C)CC1(O)CCCC1. The fourth-order valence-electron chi connectivity index (χ4n) is 2.14. The second kappa shape index (κ2) is 5.10. The van der Waals surface area contributed by atoms with Crippen LogP contribution in [0.2, 0.25) is 0 Å². The molecule has 0 aromatic heterocycles. The first-order valence-electron chi connectivity index (χ1n) is 5.57. The number of rotatable bonds is 5. The van der Waals surface area contributed by atoms with E-state index in [4.69, 9.17) is 0 Å². The van der Waals surface area contributed by atoms with Gasteiger partial charge in [-0.3, -0.25) is 0 Å². The highest BCUT2D eigenvalue weighted by Gasteiger charge is 2.31. The lowest BCUT2D eigenvalue weighted by atomic mass is 10.0. The van der Waals surface area contributed by atoms with Crippen molar-refractivity contribution in [2.45, 2.75) is 31.3 Å². The predicted molar refractivity (Wildman–Crippen MR) is 59.5 cm³/mol. The number of hydrogen-bond acceptors (Lipinski definition) is 3. The Balaban J connectivity index is 2.21. The molecule has 1 aliphatic carbocycles. The number of aliphatic hydroxyl groups is 1. The monoisotopic (exact) mass is 200 g/mol. The molecule has 0 atom stereocenters. The van der Waals surface area contributed by atoms with Gasteiger partial charge in [-0.1, -0.05) is 12.8 Å². The van der Waals surface area contributed by atoms with Gasteiger partial charge in [0.1, 0.15) is 0 Å². The van der Waals surface area contributed by atoms with Crippen molar-refractivity contribution in [1.82, 2.24) is 9.80 Å². The molecule has 3 heteroatoms. The molecule has 0 aromatic rings. The van der Waals surface area contributed by atoms with E-state index >= 15 is 0 Å². The van der Waals surface area contributed by atoms with E-state index in [9.17, 15) is 5.11 Å². The van der Waals surface area contributed by atoms with Gasteiger partial charge in [0.2, 0.25) is 0 Å². The molecule has 0 spiro atoms. The van der Waals surface area contributed by atoms with E-state index in [1.165, 1.54) is 12.8 Å². The van der Waals surface area contributed by atoms with Crippen molar-refractivity contribution >= 4 is 0 Å². The molecule has 1 N–H and O–H groups in total. The van der Waals surface area contributed by atoms with Crippen molar-refractivity contribution in [3.8, 4) is 0 Å². The van der Waals surface area contributed by atoms with Crippen LogP contribution in [0, 0.1) is 0 Å². The Hall–Kier alpha value is -0.120. The highest BCUT2D eigenvalue weighted by molar-refractivity contribution is 4.86. The van der Waals surface area contributed by atoms with Gasteiger partial charge in [-0.2, -0.15) is 0 Å². The lowest BCUT2D eigenvalue weighted by molar-refractivity contribution is 0.0153. The van der Waals surface area contributed by atoms with Crippen LogP contribution in [-0.2, 0) is 0 Å². The van der Waals surface area contributed by atoms with Gasteiger partial charge in [0.05, 0.1) is 5.60 Å². The smallest absolute Gasteiger partial charge is 0.0774 e. The molecule has 0 unspecified atom stereocenters. The summed E-state index contributed by atoms with van der Waals surface area (Å²) >= 11 is 0. The third kappa shape index (κ3) is 3.95. The molecule has 0 aliphatic heterocycles. The van der Waals surface area contributed by atoms with Crippen LogP contribution in [0.4, 0.5) is 0 Å². The van der Waals surface area contributed by atoms with E-state index in [0.717, 1.165) is 32.5 Å². The first kappa shape index (κ1) is 12.0. The van der Waals surface area contributed by atoms with Gasteiger partial charge >= 0.3 is 0 Å². The summed E-state index contributed by atoms with van der Waals surface area (Å²) in [6, 6.07) is 0. The summed E-state index contributed by atoms with van der Waals surface area (Å²) < 4.78 is 0. The van der Waals surface area contributed by atoms with Crippen LogP contribution in [0.1, 0.15) is 25.7 Å². The quantitative estimate of drug-likeness (QED) is 0.710. The Kier molecular flexibility index (Phi) is 4.35. The van der Waals surface area contributed by atoms with Crippen molar-refractivity contribution < 1.29 is 5.11 Å². The normalized spacial score (nSPS) is 21.0. The van der Waals surface area contributed by atoms with Crippen molar-refractivity contribution in [3.05, 3.63) is 0 Å². The fourth-order valence-corrected chi connectivity index (χ4v) is 2.14. The minimum absolute atomic E-state index is 0.388. The summed E-state index contributed by atoms with van der Waals surface area (Å²) in [6.45, 7) is 2.93. The lowest BCUT2D eigenvalue weighted by Crippen LogP contribution is -2.41. The first-order valence-corrected chi connectivity index (χ1v) is 5.57. The molecule has 0 heterocycles. The molecule has 3 nitrogen and oxygen atoms in total. The zero-order chi connectivity index (χ0) is 10.6. The van der Waals surface area contributed by atoms with Crippen LogP contribution < -0.4 is 0 Å². The van der Waals surface area contributed by atoms with Gasteiger partial charge in [-0.25, -0.2) is 0 Å². The first-order chi connectivity index (χ1) is 6.52. The molecule has 84 valence electrons. The molecular formula is C11H24N2O. The van der Waals surface area contributed by atoms with Crippen LogP contribution in [-0.4, -0.2) is 61.3 Å². The third-order valence-corrected chi connectivity index (χ3v) is 3.03. The van der Waals surface area contributed by atoms with Crippen LogP contribution in [0.3, 0.4) is 0 Å². The van der Waals surface area contributed by atoms with Crippen LogP contribution in [0.5, 0.6) is 0 Å². The van der Waals surface area contributed by atoms with E-state index in [1.807, 2.05) is 0 Å². The van der Waals surface area contributed by atoms with E-state index in [1.54, 1.807) is 0 Å². The maximum atomic E-state index is 10.2. The maximum Gasteiger partial charge on any atom is 0.0774 e. The molecule has 1 rings (SSSR count). The van der Waals surface area contributed by atoms with E-state index in [0.29, 0.717) is 0 Å². The number of likely N-dealkylation sites (N-methyl/N-ethyl adjacent to an activating group) is 2. The van der Waals surface area contributed by atoms with Crippen molar-refractivity contribution in [1.29, 1.82) is 0 Å². The Labute approximate surface area is 87.7 Å². The summed E-state index contributed by atoms with van der Waals surface area (Å²) in [4.78, 5) is 4.42. The van der Waals surface area contributed by atoms with Crippen molar-refractivity contribution in [2.75, 3.05) is 40.8 Å². The molecular weight excluding hydrogens is 176 g/mol. The molecule has 0 radical (unpaired) electrons. The zero-order valence-electron chi connectivity index (χ0n) is 9.79. The van der Waals surface area contributed by atoms with Crippen LogP contribution >= 0.6 is 0 Å². The molecule has 1 aliphatic rings. The second-order valence-corrected chi connectivity index (χ2v) is 4.97. The van der Waals surface area contributed by atoms with Gasteiger partial charge in [0.15, 0.2) is 0 Å². The van der Waals surface area contributed by atoms with E-state index < -0.39 is 0 Å². The third-order valence-electron chi connectivity index (χ3n) is 3.03. The number of nitrogens with zero attached hydrogens (tertiary/aromatic N) is 2.